The van der Waals surface area contributed by atoms with Gasteiger partial charge in [0.2, 0.25) is 0 Å². The minimum Gasteiger partial charge on any atom is -0.376 e. The van der Waals surface area contributed by atoms with E-state index in [1.807, 2.05) is 18.2 Å². The molecule has 7 aromatic rings. The predicted molar refractivity (Wildman–Crippen MR) is 150 cm³/mol. The van der Waals surface area contributed by atoms with Gasteiger partial charge in [0, 0.05) is 11.1 Å². The fraction of sp³-hybridized carbons (Fsp3) is 0.0286. The Balaban J connectivity index is 1.75. The molecule has 0 atom stereocenters. The first-order chi connectivity index (χ1) is 17.8. The second-order valence-electron chi connectivity index (χ2n) is 9.76. The number of benzene rings is 7. The molecule has 0 aromatic heterocycles. The van der Waals surface area contributed by atoms with Crippen LogP contribution in [-0.4, -0.2) is 5.11 Å². The molecule has 0 heterocycles. The maximum Gasteiger partial charge on any atom is 0.143 e. The SMILES string of the molecule is OC1(c2ccccc2)c2c(c3ccccc3c3ccccc23)-c2c1c1ccccc1c1ccccc21. The lowest BCUT2D eigenvalue weighted by Crippen LogP contribution is -2.26. The molecule has 1 aliphatic carbocycles. The fourth-order valence-electron chi connectivity index (χ4n) is 6.65. The minimum absolute atomic E-state index is 0.894. The fourth-order valence-corrected chi connectivity index (χ4v) is 6.65. The summed E-state index contributed by atoms with van der Waals surface area (Å²) in [5.41, 5.74) is 3.87. The van der Waals surface area contributed by atoms with Crippen molar-refractivity contribution < 1.29 is 5.11 Å². The van der Waals surface area contributed by atoms with Crippen molar-refractivity contribution in [2.24, 2.45) is 0 Å². The smallest absolute Gasteiger partial charge is 0.143 e. The summed E-state index contributed by atoms with van der Waals surface area (Å²) in [6.45, 7) is 0. The number of aliphatic hydroxyl groups is 1. The normalized spacial score (nSPS) is 13.9. The van der Waals surface area contributed by atoms with Crippen molar-refractivity contribution in [1.29, 1.82) is 0 Å². The Morgan fingerprint density at radius 2 is 0.639 bits per heavy atom. The van der Waals surface area contributed by atoms with E-state index in [2.05, 4.69) is 109 Å². The zero-order valence-corrected chi connectivity index (χ0v) is 19.6. The Hall–Kier alpha value is -4.46. The molecule has 1 nitrogen and oxygen atoms in total. The van der Waals surface area contributed by atoms with Crippen LogP contribution in [0.2, 0.25) is 0 Å². The van der Waals surface area contributed by atoms with Crippen LogP contribution in [0.3, 0.4) is 0 Å². The molecule has 0 radical (unpaired) electrons. The van der Waals surface area contributed by atoms with Crippen molar-refractivity contribution in [2.45, 2.75) is 5.60 Å². The highest BCUT2D eigenvalue weighted by Gasteiger charge is 2.47. The van der Waals surface area contributed by atoms with Crippen molar-refractivity contribution >= 4 is 43.1 Å². The average Bonchev–Trinajstić information content (AvgIpc) is 3.25. The summed E-state index contributed by atoms with van der Waals surface area (Å²) in [7, 11) is 0. The van der Waals surface area contributed by atoms with E-state index in [-0.39, 0.29) is 0 Å². The Bertz CT molecular complexity index is 1870. The van der Waals surface area contributed by atoms with Crippen molar-refractivity contribution in [3.05, 3.63) is 144 Å². The van der Waals surface area contributed by atoms with Gasteiger partial charge < -0.3 is 5.11 Å². The first-order valence-corrected chi connectivity index (χ1v) is 12.4. The van der Waals surface area contributed by atoms with E-state index >= 15 is 0 Å². The highest BCUT2D eigenvalue weighted by Crippen LogP contribution is 2.59. The van der Waals surface area contributed by atoms with E-state index < -0.39 is 5.60 Å². The number of hydrogen-bond acceptors (Lipinski definition) is 1. The van der Waals surface area contributed by atoms with Gasteiger partial charge in [-0.3, -0.25) is 0 Å². The van der Waals surface area contributed by atoms with Gasteiger partial charge >= 0.3 is 0 Å². The molecular formula is C35H22O. The molecular weight excluding hydrogens is 436 g/mol. The van der Waals surface area contributed by atoms with E-state index in [1.54, 1.807) is 0 Å². The summed E-state index contributed by atoms with van der Waals surface area (Å²) in [6, 6.07) is 44.5. The summed E-state index contributed by atoms with van der Waals surface area (Å²) in [5, 5.41) is 22.5. The van der Waals surface area contributed by atoms with Crippen LogP contribution in [0, 0.1) is 0 Å². The lowest BCUT2D eigenvalue weighted by atomic mass is 9.79. The molecule has 0 saturated heterocycles. The topological polar surface area (TPSA) is 20.2 Å². The third-order valence-corrected chi connectivity index (χ3v) is 8.03. The van der Waals surface area contributed by atoms with Crippen LogP contribution in [0.15, 0.2) is 127 Å². The maximum atomic E-state index is 13.2. The Morgan fingerprint density at radius 3 is 1.06 bits per heavy atom. The highest BCUT2D eigenvalue weighted by atomic mass is 16.3. The molecule has 0 amide bonds. The minimum atomic E-state index is -1.29. The van der Waals surface area contributed by atoms with Gasteiger partial charge in [-0.05, 0) is 59.8 Å². The standard InChI is InChI=1S/C35H22O/c36-35(22-12-2-1-3-13-22)33-29-20-10-6-16-25(29)23-14-4-8-18-27(23)31(33)32-28-19-9-5-15-24(28)26-17-7-11-21-30(26)34(32)35/h1-21,36H. The first-order valence-electron chi connectivity index (χ1n) is 12.4. The summed E-state index contributed by atoms with van der Waals surface area (Å²) in [5.74, 6) is 0. The Labute approximate surface area is 208 Å². The zero-order chi connectivity index (χ0) is 23.9. The molecule has 0 spiro atoms. The van der Waals surface area contributed by atoms with Crippen molar-refractivity contribution in [3.63, 3.8) is 0 Å². The summed E-state index contributed by atoms with van der Waals surface area (Å²) >= 11 is 0. The summed E-state index contributed by atoms with van der Waals surface area (Å²) in [4.78, 5) is 0. The lowest BCUT2D eigenvalue weighted by molar-refractivity contribution is 0.134. The first kappa shape index (κ1) is 19.8. The third kappa shape index (κ3) is 2.33. The van der Waals surface area contributed by atoms with E-state index in [4.69, 9.17) is 0 Å². The van der Waals surface area contributed by atoms with Crippen LogP contribution in [-0.2, 0) is 5.60 Å². The van der Waals surface area contributed by atoms with E-state index in [0.29, 0.717) is 0 Å². The predicted octanol–water partition coefficient (Wildman–Crippen LogP) is 8.56. The molecule has 168 valence electrons. The van der Waals surface area contributed by atoms with Gasteiger partial charge in [-0.15, -0.1) is 0 Å². The largest absolute Gasteiger partial charge is 0.376 e. The molecule has 0 bridgehead atoms. The molecule has 0 fully saturated rings. The molecule has 0 saturated carbocycles. The highest BCUT2D eigenvalue weighted by molar-refractivity contribution is 6.26. The van der Waals surface area contributed by atoms with Gasteiger partial charge in [0.25, 0.3) is 0 Å². The lowest BCUT2D eigenvalue weighted by Gasteiger charge is -2.29. The van der Waals surface area contributed by atoms with Crippen molar-refractivity contribution in [2.75, 3.05) is 0 Å². The maximum absolute atomic E-state index is 13.2. The van der Waals surface area contributed by atoms with Gasteiger partial charge in [0.15, 0.2) is 0 Å². The number of rotatable bonds is 1. The molecule has 8 rings (SSSR count). The second-order valence-corrected chi connectivity index (χ2v) is 9.76. The summed E-state index contributed by atoms with van der Waals surface area (Å²) in [6.07, 6.45) is 0. The van der Waals surface area contributed by atoms with Crippen LogP contribution in [0.25, 0.3) is 54.2 Å². The number of fused-ring (bicyclic) bond motifs is 13. The average molecular weight is 459 g/mol. The molecule has 0 unspecified atom stereocenters. The molecule has 0 aliphatic heterocycles. The van der Waals surface area contributed by atoms with Crippen LogP contribution < -0.4 is 0 Å². The molecule has 36 heavy (non-hydrogen) atoms. The second kappa shape index (κ2) is 7.04. The molecule has 1 N–H and O–H groups in total. The van der Waals surface area contributed by atoms with Crippen molar-refractivity contribution in [1.82, 2.24) is 0 Å². The van der Waals surface area contributed by atoms with E-state index in [0.717, 1.165) is 38.6 Å². The van der Waals surface area contributed by atoms with Gasteiger partial charge in [0.05, 0.1) is 0 Å². The molecule has 7 aromatic carbocycles. The van der Waals surface area contributed by atoms with Crippen LogP contribution in [0.1, 0.15) is 16.7 Å². The Morgan fingerprint density at radius 1 is 0.333 bits per heavy atom. The molecule has 1 aliphatic rings. The third-order valence-electron chi connectivity index (χ3n) is 8.03. The van der Waals surface area contributed by atoms with E-state index in [9.17, 15) is 5.11 Å². The monoisotopic (exact) mass is 458 g/mol. The van der Waals surface area contributed by atoms with Crippen LogP contribution in [0.5, 0.6) is 0 Å². The summed E-state index contributed by atoms with van der Waals surface area (Å²) < 4.78 is 0. The zero-order valence-electron chi connectivity index (χ0n) is 19.6. The quantitative estimate of drug-likeness (QED) is 0.244. The van der Waals surface area contributed by atoms with Crippen molar-refractivity contribution in [3.8, 4) is 11.1 Å². The molecule has 1 heteroatoms. The van der Waals surface area contributed by atoms with Gasteiger partial charge in [0.1, 0.15) is 5.60 Å². The van der Waals surface area contributed by atoms with Gasteiger partial charge in [-0.2, -0.15) is 0 Å². The van der Waals surface area contributed by atoms with Crippen LogP contribution >= 0.6 is 0 Å². The van der Waals surface area contributed by atoms with Crippen LogP contribution in [0.4, 0.5) is 0 Å². The number of hydrogen-bond donors (Lipinski definition) is 1. The van der Waals surface area contributed by atoms with Gasteiger partial charge in [-0.25, -0.2) is 0 Å². The Kier molecular flexibility index (Phi) is 3.87. The van der Waals surface area contributed by atoms with E-state index in [1.165, 1.54) is 32.3 Å². The van der Waals surface area contributed by atoms with Gasteiger partial charge in [-0.1, -0.05) is 127 Å².